The van der Waals surface area contributed by atoms with Gasteiger partial charge in [-0.15, -0.1) is 11.3 Å². The lowest BCUT2D eigenvalue weighted by Gasteiger charge is -2.17. The molecule has 6 rings (SSSR count). The fourth-order valence-electron chi connectivity index (χ4n) is 4.33. The summed E-state index contributed by atoms with van der Waals surface area (Å²) in [5.41, 5.74) is 2.23. The van der Waals surface area contributed by atoms with Crippen molar-refractivity contribution in [2.75, 3.05) is 7.05 Å². The number of benzene rings is 1. The largest absolute Gasteiger partial charge is 0.337 e. The van der Waals surface area contributed by atoms with Gasteiger partial charge in [-0.2, -0.15) is 5.10 Å². The van der Waals surface area contributed by atoms with Crippen LogP contribution in [0.25, 0.3) is 27.3 Å². The van der Waals surface area contributed by atoms with Crippen LogP contribution in [-0.2, 0) is 6.54 Å². The van der Waals surface area contributed by atoms with Gasteiger partial charge in [-0.3, -0.25) is 19.1 Å². The maximum Gasteiger partial charge on any atom is 0.330 e. The normalized spacial score (nSPS) is 13.2. The van der Waals surface area contributed by atoms with E-state index >= 15 is 0 Å². The number of pyridine rings is 1. The molecular formula is C26H22N6O3S. The van der Waals surface area contributed by atoms with Crippen molar-refractivity contribution in [2.24, 2.45) is 0 Å². The summed E-state index contributed by atoms with van der Waals surface area (Å²) in [6.07, 6.45) is 5.11. The Balaban J connectivity index is 1.33. The number of H-pyrrole nitrogens is 1. The predicted molar refractivity (Wildman–Crippen MR) is 138 cm³/mol. The van der Waals surface area contributed by atoms with Crippen LogP contribution in [-0.4, -0.2) is 42.2 Å². The minimum absolute atomic E-state index is 0.0467. The van der Waals surface area contributed by atoms with Gasteiger partial charge in [0.05, 0.1) is 21.5 Å². The Morgan fingerprint density at radius 1 is 1.17 bits per heavy atom. The van der Waals surface area contributed by atoms with Crippen molar-refractivity contribution in [1.82, 2.24) is 29.2 Å². The number of nitrogens with one attached hydrogen (secondary N) is 1. The van der Waals surface area contributed by atoms with Crippen molar-refractivity contribution in [3.8, 4) is 16.3 Å². The van der Waals surface area contributed by atoms with Crippen molar-refractivity contribution in [3.05, 3.63) is 98.3 Å². The minimum atomic E-state index is -0.541. The molecule has 1 aromatic carbocycles. The van der Waals surface area contributed by atoms with Gasteiger partial charge in [0.2, 0.25) is 0 Å². The van der Waals surface area contributed by atoms with Crippen LogP contribution in [0.3, 0.4) is 0 Å². The molecule has 0 atom stereocenters. The molecule has 0 unspecified atom stereocenters. The van der Waals surface area contributed by atoms with Crippen LogP contribution in [0.5, 0.6) is 0 Å². The fraction of sp³-hybridized carbons (Fsp3) is 0.192. The molecule has 0 bridgehead atoms. The molecule has 0 saturated heterocycles. The number of rotatable bonds is 6. The summed E-state index contributed by atoms with van der Waals surface area (Å²) in [5.74, 6) is -0.280. The zero-order chi connectivity index (χ0) is 24.8. The maximum absolute atomic E-state index is 13.4. The number of para-hydroxylation sites is 1. The summed E-state index contributed by atoms with van der Waals surface area (Å²) < 4.78 is 3.33. The molecular weight excluding hydrogens is 476 g/mol. The van der Waals surface area contributed by atoms with Crippen molar-refractivity contribution < 1.29 is 4.79 Å². The number of aromatic nitrogens is 5. The van der Waals surface area contributed by atoms with E-state index < -0.39 is 11.2 Å². The maximum atomic E-state index is 13.4. The highest BCUT2D eigenvalue weighted by atomic mass is 32.1. The number of hydrogen-bond donors (Lipinski definition) is 1. The van der Waals surface area contributed by atoms with E-state index in [4.69, 9.17) is 5.10 Å². The first kappa shape index (κ1) is 22.2. The lowest BCUT2D eigenvalue weighted by atomic mass is 10.1. The summed E-state index contributed by atoms with van der Waals surface area (Å²) in [6, 6.07) is 15.4. The van der Waals surface area contributed by atoms with Crippen LogP contribution < -0.4 is 11.2 Å². The highest BCUT2D eigenvalue weighted by molar-refractivity contribution is 7.13. The SMILES string of the molecule is CN(Cc1cn(-c2ccccc2)nc1-c1cccs1)C(=O)c1cnc2c(c1)c(=O)[nH]c(=O)n2C1CC1. The quantitative estimate of drug-likeness (QED) is 0.385. The van der Waals surface area contributed by atoms with Gasteiger partial charge in [0, 0.05) is 37.6 Å². The number of nitrogens with zero attached hydrogens (tertiary/aromatic N) is 5. The third-order valence-corrected chi connectivity index (χ3v) is 7.13. The van der Waals surface area contributed by atoms with Crippen LogP contribution in [0.4, 0.5) is 0 Å². The van der Waals surface area contributed by atoms with E-state index in [0.29, 0.717) is 12.2 Å². The molecule has 1 fully saturated rings. The number of carbonyl (C=O) groups excluding carboxylic acids is 1. The highest BCUT2D eigenvalue weighted by Gasteiger charge is 2.28. The third-order valence-electron chi connectivity index (χ3n) is 6.26. The molecule has 0 aliphatic heterocycles. The molecule has 9 nitrogen and oxygen atoms in total. The first-order chi connectivity index (χ1) is 17.5. The van der Waals surface area contributed by atoms with E-state index in [2.05, 4.69) is 9.97 Å². The van der Waals surface area contributed by atoms with Crippen molar-refractivity contribution in [3.63, 3.8) is 0 Å². The third kappa shape index (κ3) is 3.95. The Bertz CT molecular complexity index is 1700. The molecule has 5 aromatic rings. The standard InChI is InChI=1S/C26H22N6O3S/c1-30(14-17-15-31(18-6-3-2-4-7-18)29-22(17)21-8-5-11-36-21)25(34)16-12-20-23(27-13-16)32(19-9-10-19)26(35)28-24(20)33/h2-8,11-13,15,19H,9-10,14H2,1H3,(H,28,33,35). The Kier molecular flexibility index (Phi) is 5.37. The van der Waals surface area contributed by atoms with Crippen LogP contribution in [0.15, 0.2) is 75.9 Å². The van der Waals surface area contributed by atoms with E-state index in [1.165, 1.54) is 16.8 Å². The zero-order valence-corrected chi connectivity index (χ0v) is 20.2. The molecule has 180 valence electrons. The van der Waals surface area contributed by atoms with Gasteiger partial charge >= 0.3 is 5.69 Å². The molecule has 1 aliphatic carbocycles. The van der Waals surface area contributed by atoms with Gasteiger partial charge in [0.1, 0.15) is 11.3 Å². The van der Waals surface area contributed by atoms with E-state index in [1.807, 2.05) is 58.7 Å². The second-order valence-electron chi connectivity index (χ2n) is 8.88. The highest BCUT2D eigenvalue weighted by Crippen LogP contribution is 2.34. The van der Waals surface area contributed by atoms with E-state index in [1.54, 1.807) is 23.3 Å². The van der Waals surface area contributed by atoms with Crippen LogP contribution in [0.1, 0.15) is 34.8 Å². The minimum Gasteiger partial charge on any atom is -0.337 e. The van der Waals surface area contributed by atoms with Gasteiger partial charge in [0.15, 0.2) is 0 Å². The number of thiophene rings is 1. The van der Waals surface area contributed by atoms with Gasteiger partial charge in [-0.25, -0.2) is 14.5 Å². The van der Waals surface area contributed by atoms with Crippen LogP contribution in [0.2, 0.25) is 0 Å². The molecule has 10 heteroatoms. The average Bonchev–Trinajstić information content (AvgIpc) is 3.39. The second kappa shape index (κ2) is 8.72. The summed E-state index contributed by atoms with van der Waals surface area (Å²) in [4.78, 5) is 47.4. The lowest BCUT2D eigenvalue weighted by molar-refractivity contribution is 0.0785. The van der Waals surface area contributed by atoms with Crippen LogP contribution >= 0.6 is 11.3 Å². The van der Waals surface area contributed by atoms with Gasteiger partial charge in [0.25, 0.3) is 11.5 Å². The molecule has 4 aromatic heterocycles. The number of aromatic amines is 1. The monoisotopic (exact) mass is 498 g/mol. The van der Waals surface area contributed by atoms with Crippen molar-refractivity contribution in [1.29, 1.82) is 0 Å². The summed E-state index contributed by atoms with van der Waals surface area (Å²) in [6.45, 7) is 0.314. The number of carbonyl (C=O) groups is 1. The number of amides is 1. The zero-order valence-electron chi connectivity index (χ0n) is 19.4. The Morgan fingerprint density at radius 2 is 1.97 bits per heavy atom. The summed E-state index contributed by atoms with van der Waals surface area (Å²) in [7, 11) is 1.71. The van der Waals surface area contributed by atoms with E-state index in [-0.39, 0.29) is 22.9 Å². The molecule has 1 aliphatic rings. The Labute approximate surface area is 209 Å². The average molecular weight is 499 g/mol. The fourth-order valence-corrected chi connectivity index (χ4v) is 5.08. The number of fused-ring (bicyclic) bond motifs is 1. The van der Waals surface area contributed by atoms with E-state index in [9.17, 15) is 14.4 Å². The lowest BCUT2D eigenvalue weighted by Crippen LogP contribution is -2.31. The predicted octanol–water partition coefficient (Wildman–Crippen LogP) is 3.61. The number of hydrogen-bond acceptors (Lipinski definition) is 6. The van der Waals surface area contributed by atoms with Crippen LogP contribution in [0, 0.1) is 0 Å². The molecule has 1 amide bonds. The summed E-state index contributed by atoms with van der Waals surface area (Å²) in [5, 5.41) is 7.03. The van der Waals surface area contributed by atoms with Crippen molar-refractivity contribution in [2.45, 2.75) is 25.4 Å². The van der Waals surface area contributed by atoms with Gasteiger partial charge in [-0.1, -0.05) is 24.3 Å². The molecule has 36 heavy (non-hydrogen) atoms. The molecule has 0 radical (unpaired) electrons. The Morgan fingerprint density at radius 3 is 2.69 bits per heavy atom. The smallest absolute Gasteiger partial charge is 0.330 e. The van der Waals surface area contributed by atoms with Gasteiger partial charge < -0.3 is 4.90 Å². The second-order valence-corrected chi connectivity index (χ2v) is 9.82. The summed E-state index contributed by atoms with van der Waals surface area (Å²) >= 11 is 1.59. The molecule has 1 saturated carbocycles. The Hall–Kier alpha value is -4.31. The molecule has 0 spiro atoms. The van der Waals surface area contributed by atoms with E-state index in [0.717, 1.165) is 34.7 Å². The first-order valence-corrected chi connectivity index (χ1v) is 12.5. The molecule has 4 heterocycles. The van der Waals surface area contributed by atoms with Gasteiger partial charge in [-0.05, 0) is 42.5 Å². The molecule has 1 N–H and O–H groups in total. The first-order valence-electron chi connectivity index (χ1n) is 11.6. The van der Waals surface area contributed by atoms with Crippen molar-refractivity contribution >= 4 is 28.3 Å². The topological polar surface area (TPSA) is 106 Å².